The van der Waals surface area contributed by atoms with Gasteiger partial charge in [0.2, 0.25) is 0 Å². The van der Waals surface area contributed by atoms with Gasteiger partial charge < -0.3 is 15.5 Å². The SMILES string of the molecule is CCCCCCc1cc(-c2ccc(N(c3ccc(-c4ccc(CC(C)C)cc4)cc3)c3ccc(-c4ccc(C(C)(CC)CC)cc4)cc3)cc2C)c(CCCCCC)cc1-c1ccc(N(c2ccc(-c3ccc(CC(C)C)cc3)cc2)c2ccc(-c3ccc(C(C)(N)CC)cc3)cc2)cc1C. The number of hydrogen-bond acceptors (Lipinski definition) is 3. The van der Waals surface area contributed by atoms with Crippen LogP contribution in [0.15, 0.2) is 243 Å². The Hall–Kier alpha value is -9.02. The van der Waals surface area contributed by atoms with Gasteiger partial charge in [-0.05, 0) is 280 Å². The molecule has 520 valence electrons. The van der Waals surface area contributed by atoms with Gasteiger partial charge in [0.15, 0.2) is 0 Å². The Labute approximate surface area is 609 Å². The van der Waals surface area contributed by atoms with Gasteiger partial charge >= 0.3 is 0 Å². The normalized spacial score (nSPS) is 12.3. The van der Waals surface area contributed by atoms with E-state index >= 15 is 0 Å². The van der Waals surface area contributed by atoms with Gasteiger partial charge in [0, 0.05) is 39.7 Å². The highest BCUT2D eigenvalue weighted by Gasteiger charge is 2.25. The summed E-state index contributed by atoms with van der Waals surface area (Å²) in [5.41, 5.74) is 39.1. The number of rotatable bonds is 31. The van der Waals surface area contributed by atoms with Crippen LogP contribution in [0.4, 0.5) is 34.1 Å². The molecular weight excluding hydrogens is 1220 g/mol. The minimum atomic E-state index is -0.358. The van der Waals surface area contributed by atoms with Crippen molar-refractivity contribution in [2.45, 2.75) is 197 Å². The molecule has 0 aliphatic heterocycles. The zero-order valence-corrected chi connectivity index (χ0v) is 63.3. The van der Waals surface area contributed by atoms with E-state index in [1.165, 1.54) is 144 Å². The van der Waals surface area contributed by atoms with E-state index in [0.29, 0.717) is 11.8 Å². The number of hydrogen-bond donors (Lipinski definition) is 1. The monoisotopic (exact) mass is 1330 g/mol. The van der Waals surface area contributed by atoms with Crippen molar-refractivity contribution in [1.29, 1.82) is 0 Å². The molecule has 0 bridgehead atoms. The average Bonchev–Trinajstić information content (AvgIpc) is 0.769. The third-order valence-electron chi connectivity index (χ3n) is 21.9. The van der Waals surface area contributed by atoms with Crippen LogP contribution in [0.2, 0.25) is 0 Å². The van der Waals surface area contributed by atoms with Crippen LogP contribution in [-0.4, -0.2) is 0 Å². The molecule has 2 N–H and O–H groups in total. The molecule has 0 saturated heterocycles. The Kier molecular flexibility index (Phi) is 24.4. The first-order valence-corrected chi connectivity index (χ1v) is 38.5. The molecular formula is C98H113N3. The summed E-state index contributed by atoms with van der Waals surface area (Å²) < 4.78 is 0. The van der Waals surface area contributed by atoms with Gasteiger partial charge in [-0.1, -0.05) is 278 Å². The summed E-state index contributed by atoms with van der Waals surface area (Å²) >= 11 is 0. The molecule has 0 heterocycles. The zero-order chi connectivity index (χ0) is 71.2. The maximum absolute atomic E-state index is 6.69. The number of unbranched alkanes of at least 4 members (excludes halogenated alkanes) is 6. The smallest absolute Gasteiger partial charge is 0.0464 e. The second-order valence-corrected chi connectivity index (χ2v) is 30.4. The van der Waals surface area contributed by atoms with Crippen LogP contribution >= 0.6 is 0 Å². The predicted molar refractivity (Wildman–Crippen MR) is 440 cm³/mol. The summed E-state index contributed by atoms with van der Waals surface area (Å²) in [6.07, 6.45) is 17.0. The summed E-state index contributed by atoms with van der Waals surface area (Å²) in [4.78, 5) is 4.89. The number of nitrogens with zero attached hydrogens (tertiary/aromatic N) is 2. The molecule has 101 heavy (non-hydrogen) atoms. The van der Waals surface area contributed by atoms with Crippen molar-refractivity contribution < 1.29 is 0 Å². The first kappa shape index (κ1) is 73.2. The van der Waals surface area contributed by atoms with Crippen LogP contribution in [-0.2, 0) is 36.6 Å². The van der Waals surface area contributed by atoms with E-state index < -0.39 is 0 Å². The van der Waals surface area contributed by atoms with Gasteiger partial charge in [0.25, 0.3) is 0 Å². The molecule has 1 atom stereocenters. The lowest BCUT2D eigenvalue weighted by atomic mass is 9.77. The molecule has 1 unspecified atom stereocenters. The minimum Gasteiger partial charge on any atom is -0.322 e. The van der Waals surface area contributed by atoms with Crippen LogP contribution in [0.5, 0.6) is 0 Å². The molecule has 3 nitrogen and oxygen atoms in total. The number of nitrogens with two attached hydrogens (primary N) is 1. The summed E-state index contributed by atoms with van der Waals surface area (Å²) in [5, 5.41) is 0. The van der Waals surface area contributed by atoms with E-state index in [-0.39, 0.29) is 11.0 Å². The summed E-state index contributed by atoms with van der Waals surface area (Å²) in [5.74, 6) is 1.24. The molecule has 11 aromatic rings. The summed E-state index contributed by atoms with van der Waals surface area (Å²) in [6, 6.07) is 93.0. The molecule has 0 saturated carbocycles. The Morgan fingerprint density at radius 3 is 0.871 bits per heavy atom. The highest BCUT2D eigenvalue weighted by Crippen LogP contribution is 2.45. The lowest BCUT2D eigenvalue weighted by molar-refractivity contribution is 0.439. The predicted octanol–water partition coefficient (Wildman–Crippen LogP) is 28.5. The van der Waals surface area contributed by atoms with Gasteiger partial charge in [-0.25, -0.2) is 0 Å². The Bertz CT molecular complexity index is 4430. The lowest BCUT2D eigenvalue weighted by Crippen LogP contribution is -2.31. The van der Waals surface area contributed by atoms with Crippen LogP contribution in [0.3, 0.4) is 0 Å². The standard InChI is InChI=1S/C98H113N3/c1-14-19-21-23-25-83-68-96(94-62-60-92(66-72(94)11)101(88-53-41-80(42-54-88)76-33-29-74(30-34-76)64-70(8)9)90-57-45-82(46-58-90)78-37-49-86(50-38-78)98(13,99)18-5)84(26-24-22-20-15-2)67-95(83)93-61-59-91(65-71(93)10)100(87-51-39-79(40-52-87)75-31-27-73(28-32-75)63-69(6)7)89-55-43-81(44-56-89)77-35-47-85(48-36-77)97(12,16-3)17-4/h27-62,65-70H,14-26,63-64,99H2,1-13H3. The molecule has 0 aromatic heterocycles. The fourth-order valence-electron chi connectivity index (χ4n) is 15.0. The van der Waals surface area contributed by atoms with Crippen molar-refractivity contribution in [2.24, 2.45) is 17.6 Å². The summed E-state index contributed by atoms with van der Waals surface area (Å²) in [7, 11) is 0. The van der Waals surface area contributed by atoms with Crippen LogP contribution in [0.1, 0.15) is 191 Å². The Balaban J connectivity index is 0.973. The number of benzene rings is 11. The van der Waals surface area contributed by atoms with Gasteiger partial charge in [0.1, 0.15) is 0 Å². The second-order valence-electron chi connectivity index (χ2n) is 30.4. The third kappa shape index (κ3) is 17.7. The quantitative estimate of drug-likeness (QED) is 0.0440. The Morgan fingerprint density at radius 1 is 0.307 bits per heavy atom. The highest BCUT2D eigenvalue weighted by atomic mass is 15.1. The third-order valence-corrected chi connectivity index (χ3v) is 21.9. The molecule has 0 aliphatic carbocycles. The maximum atomic E-state index is 6.69. The van der Waals surface area contributed by atoms with Crippen LogP contribution < -0.4 is 15.5 Å². The average molecular weight is 1330 g/mol. The highest BCUT2D eigenvalue weighted by molar-refractivity contribution is 5.87. The second kappa shape index (κ2) is 33.6. The fraction of sp³-hybridized carbons (Fsp3) is 0.327. The largest absolute Gasteiger partial charge is 0.322 e. The van der Waals surface area contributed by atoms with Gasteiger partial charge in [-0.3, -0.25) is 0 Å². The molecule has 0 fully saturated rings. The van der Waals surface area contributed by atoms with E-state index in [0.717, 1.165) is 97.5 Å². The van der Waals surface area contributed by atoms with Crippen LogP contribution in [0, 0.1) is 25.7 Å². The number of aryl methyl sites for hydroxylation is 4. The maximum Gasteiger partial charge on any atom is 0.0464 e. The molecule has 0 amide bonds. The van der Waals surface area contributed by atoms with Crippen molar-refractivity contribution in [2.75, 3.05) is 9.80 Å². The van der Waals surface area contributed by atoms with Gasteiger partial charge in [0.05, 0.1) is 0 Å². The van der Waals surface area contributed by atoms with E-state index in [1.54, 1.807) is 0 Å². The molecule has 11 rings (SSSR count). The van der Waals surface area contributed by atoms with E-state index in [9.17, 15) is 0 Å². The fourth-order valence-corrected chi connectivity index (χ4v) is 15.0. The summed E-state index contributed by atoms with van der Waals surface area (Å²) in [6.45, 7) is 29.8. The first-order valence-electron chi connectivity index (χ1n) is 38.5. The molecule has 0 aliphatic rings. The topological polar surface area (TPSA) is 32.5 Å². The van der Waals surface area contributed by atoms with Gasteiger partial charge in [-0.15, -0.1) is 0 Å². The van der Waals surface area contributed by atoms with Crippen molar-refractivity contribution in [3.63, 3.8) is 0 Å². The van der Waals surface area contributed by atoms with Crippen molar-refractivity contribution in [3.8, 4) is 66.8 Å². The first-order chi connectivity index (χ1) is 48.9. The zero-order valence-electron chi connectivity index (χ0n) is 63.3. The van der Waals surface area contributed by atoms with E-state index in [4.69, 9.17) is 5.73 Å². The number of anilines is 6. The molecule has 3 heteroatoms. The molecule has 0 radical (unpaired) electrons. The van der Waals surface area contributed by atoms with Crippen molar-refractivity contribution in [1.82, 2.24) is 0 Å². The molecule has 11 aromatic carbocycles. The lowest BCUT2D eigenvalue weighted by Gasteiger charge is -2.28. The van der Waals surface area contributed by atoms with Crippen molar-refractivity contribution >= 4 is 34.1 Å². The van der Waals surface area contributed by atoms with E-state index in [1.807, 2.05) is 0 Å². The van der Waals surface area contributed by atoms with E-state index in [2.05, 4.69) is 342 Å². The minimum absolute atomic E-state index is 0.182. The van der Waals surface area contributed by atoms with Crippen LogP contribution in [0.25, 0.3) is 66.8 Å². The molecule has 0 spiro atoms. The van der Waals surface area contributed by atoms with Crippen molar-refractivity contribution in [3.05, 3.63) is 287 Å². The Morgan fingerprint density at radius 2 is 0.594 bits per heavy atom. The van der Waals surface area contributed by atoms with Gasteiger partial charge in [-0.2, -0.15) is 0 Å².